The minimum Gasteiger partial charge on any atom is -0.454 e. The van der Waals surface area contributed by atoms with Crippen molar-refractivity contribution >= 4 is 17.1 Å². The summed E-state index contributed by atoms with van der Waals surface area (Å²) in [6.07, 6.45) is 9.08. The number of fused-ring (bicyclic) bond motifs is 6. The van der Waals surface area contributed by atoms with E-state index < -0.39 is 0 Å². The molecule has 0 saturated heterocycles. The number of rotatable bonds is 4. The van der Waals surface area contributed by atoms with Crippen LogP contribution in [0.25, 0.3) is 22.3 Å². The van der Waals surface area contributed by atoms with Crippen LogP contribution in [-0.4, -0.2) is 0 Å². The Bertz CT molecular complexity index is 2670. The van der Waals surface area contributed by atoms with Crippen molar-refractivity contribution < 1.29 is 4.74 Å². The second-order valence-corrected chi connectivity index (χ2v) is 21.2. The van der Waals surface area contributed by atoms with Crippen molar-refractivity contribution in [2.24, 2.45) is 23.7 Å². The molecule has 6 aliphatic carbocycles. The Hall–Kier alpha value is -5.08. The van der Waals surface area contributed by atoms with Crippen molar-refractivity contribution in [3.8, 4) is 33.8 Å². The quantitative estimate of drug-likeness (QED) is 0.177. The van der Waals surface area contributed by atoms with Crippen LogP contribution in [0.1, 0.15) is 120 Å². The fourth-order valence-electron chi connectivity index (χ4n) is 14.0. The van der Waals surface area contributed by atoms with Crippen LogP contribution in [0, 0.1) is 23.7 Å². The molecule has 2 heteroatoms. The first-order valence-corrected chi connectivity index (χ1v) is 22.6. The summed E-state index contributed by atoms with van der Waals surface area (Å²) in [6.45, 7) is 14.6. The molecule has 1 spiro atoms. The Morgan fingerprint density at radius 1 is 0.492 bits per heavy atom. The van der Waals surface area contributed by atoms with Gasteiger partial charge in [-0.1, -0.05) is 133 Å². The van der Waals surface area contributed by atoms with Crippen LogP contribution in [0.3, 0.4) is 0 Å². The molecule has 4 fully saturated rings. The summed E-state index contributed by atoms with van der Waals surface area (Å²) in [6, 6.07) is 49.0. The fourth-order valence-corrected chi connectivity index (χ4v) is 14.0. The van der Waals surface area contributed by atoms with Crippen LogP contribution in [0.2, 0.25) is 0 Å². The van der Waals surface area contributed by atoms with E-state index in [1.54, 1.807) is 0 Å². The van der Waals surface area contributed by atoms with Gasteiger partial charge in [0.1, 0.15) is 5.75 Å². The number of anilines is 3. The van der Waals surface area contributed by atoms with Gasteiger partial charge in [0.2, 0.25) is 0 Å². The van der Waals surface area contributed by atoms with Crippen LogP contribution in [0.15, 0.2) is 127 Å². The molecule has 0 radical (unpaired) electrons. The molecule has 7 aliphatic rings. The molecule has 0 N–H and O–H groups in total. The molecule has 2 nitrogen and oxygen atoms in total. The highest BCUT2D eigenvalue weighted by Gasteiger charge is 2.62. The summed E-state index contributed by atoms with van der Waals surface area (Å²) in [5, 5.41) is 0. The van der Waals surface area contributed by atoms with Crippen LogP contribution < -0.4 is 9.64 Å². The van der Waals surface area contributed by atoms with Crippen LogP contribution in [0.4, 0.5) is 17.1 Å². The molecular weight excluding hydrogens is 715 g/mol. The summed E-state index contributed by atoms with van der Waals surface area (Å²) < 4.78 is 7.55. The Morgan fingerprint density at radius 2 is 1.08 bits per heavy atom. The van der Waals surface area contributed by atoms with Crippen LogP contribution in [-0.2, 0) is 21.7 Å². The fraction of sp³-hybridized carbons (Fsp3) is 0.368. The first-order chi connectivity index (χ1) is 28.4. The zero-order valence-electron chi connectivity index (χ0n) is 35.7. The number of nitrogens with zero attached hydrogens (tertiary/aromatic N) is 1. The third kappa shape index (κ3) is 4.92. The van der Waals surface area contributed by atoms with Crippen molar-refractivity contribution in [1.29, 1.82) is 0 Å². The predicted octanol–water partition coefficient (Wildman–Crippen LogP) is 15.3. The van der Waals surface area contributed by atoms with E-state index in [4.69, 9.17) is 4.74 Å². The van der Waals surface area contributed by atoms with Gasteiger partial charge in [-0.05, 0) is 160 Å². The van der Waals surface area contributed by atoms with Gasteiger partial charge >= 0.3 is 0 Å². The zero-order chi connectivity index (χ0) is 40.1. The molecule has 0 aromatic heterocycles. The van der Waals surface area contributed by atoms with Gasteiger partial charge in [-0.15, -0.1) is 0 Å². The number of ether oxygens (including phenoxy) is 1. The number of para-hydroxylation sites is 1. The maximum Gasteiger partial charge on any atom is 0.155 e. The van der Waals surface area contributed by atoms with E-state index in [1.807, 2.05) is 0 Å². The first-order valence-electron chi connectivity index (χ1n) is 22.6. The molecular formula is C57H57NO. The van der Waals surface area contributed by atoms with Crippen molar-refractivity contribution in [3.63, 3.8) is 0 Å². The Labute approximate surface area is 351 Å². The molecule has 59 heavy (non-hydrogen) atoms. The standard InChI is InChI=1S/C57H57NO/c1-54(2)26-27-55(3,4)49-34-41(23-25-46(49)54)58(40-22-24-44-43-16-10-11-18-45(43)56(5,6)48(44)33-40)50-20-13-19-47-53(50)59-51-21-12-17-42(37-14-8-7-9-15-37)52(51)57(47)38-29-35-28-36(31-38)32-39(57)30-35/h7-25,33-36,38-39H,26-32H2,1-6H3. The van der Waals surface area contributed by atoms with E-state index in [0.717, 1.165) is 29.0 Å². The van der Waals surface area contributed by atoms with Gasteiger partial charge < -0.3 is 9.64 Å². The first kappa shape index (κ1) is 35.8. The minimum atomic E-state index is -0.112. The van der Waals surface area contributed by atoms with E-state index in [2.05, 4.69) is 174 Å². The molecule has 6 aromatic carbocycles. The number of hydrogen-bond donors (Lipinski definition) is 0. The van der Waals surface area contributed by atoms with E-state index in [1.165, 1.54) is 112 Å². The second-order valence-electron chi connectivity index (χ2n) is 21.2. The number of benzene rings is 6. The monoisotopic (exact) mass is 771 g/mol. The molecule has 1 aliphatic heterocycles. The van der Waals surface area contributed by atoms with E-state index in [9.17, 15) is 0 Å². The topological polar surface area (TPSA) is 12.5 Å². The molecule has 296 valence electrons. The zero-order valence-corrected chi connectivity index (χ0v) is 35.7. The molecule has 13 rings (SSSR count). The van der Waals surface area contributed by atoms with Gasteiger partial charge in [-0.2, -0.15) is 0 Å². The highest BCUT2D eigenvalue weighted by Crippen LogP contribution is 2.71. The summed E-state index contributed by atoms with van der Waals surface area (Å²) in [5.41, 5.74) is 17.5. The summed E-state index contributed by atoms with van der Waals surface area (Å²) in [5.74, 6) is 5.00. The lowest BCUT2D eigenvalue weighted by molar-refractivity contribution is -0.0449. The van der Waals surface area contributed by atoms with Crippen molar-refractivity contribution in [1.82, 2.24) is 0 Å². The molecule has 0 atom stereocenters. The average Bonchev–Trinajstić information content (AvgIpc) is 3.46. The Balaban J connectivity index is 1.12. The lowest BCUT2D eigenvalue weighted by atomic mass is 9.41. The van der Waals surface area contributed by atoms with E-state index in [0.29, 0.717) is 11.8 Å². The van der Waals surface area contributed by atoms with Gasteiger partial charge in [0.15, 0.2) is 5.75 Å². The SMILES string of the molecule is CC1(C)CCC(C)(C)c2cc(N(c3ccc4c(c3)C(C)(C)c3ccccc3-4)c3cccc4c3Oc3cccc(-c5ccccc5)c3C43C4CC5CC(C4)CC3C5)ccc21. The lowest BCUT2D eigenvalue weighted by Gasteiger charge is -2.63. The van der Waals surface area contributed by atoms with Gasteiger partial charge in [-0.25, -0.2) is 0 Å². The third-order valence-corrected chi connectivity index (χ3v) is 16.8. The Morgan fingerprint density at radius 3 is 1.83 bits per heavy atom. The summed E-state index contributed by atoms with van der Waals surface area (Å²) in [7, 11) is 0. The summed E-state index contributed by atoms with van der Waals surface area (Å²) in [4.78, 5) is 2.58. The van der Waals surface area contributed by atoms with Gasteiger partial charge in [-0.3, -0.25) is 0 Å². The van der Waals surface area contributed by atoms with Gasteiger partial charge in [0.25, 0.3) is 0 Å². The van der Waals surface area contributed by atoms with E-state index in [-0.39, 0.29) is 21.7 Å². The molecule has 6 aromatic rings. The van der Waals surface area contributed by atoms with E-state index >= 15 is 0 Å². The molecule has 0 amide bonds. The number of hydrogen-bond acceptors (Lipinski definition) is 2. The van der Waals surface area contributed by atoms with Crippen molar-refractivity contribution in [2.45, 2.75) is 108 Å². The van der Waals surface area contributed by atoms with Crippen molar-refractivity contribution in [3.05, 3.63) is 161 Å². The maximum atomic E-state index is 7.55. The highest BCUT2D eigenvalue weighted by molar-refractivity contribution is 5.89. The van der Waals surface area contributed by atoms with Crippen LogP contribution in [0.5, 0.6) is 11.5 Å². The summed E-state index contributed by atoms with van der Waals surface area (Å²) >= 11 is 0. The highest BCUT2D eigenvalue weighted by atomic mass is 16.5. The van der Waals surface area contributed by atoms with Gasteiger partial charge in [0.05, 0.1) is 5.69 Å². The van der Waals surface area contributed by atoms with Gasteiger partial charge in [0, 0.05) is 33.3 Å². The predicted molar refractivity (Wildman–Crippen MR) is 244 cm³/mol. The van der Waals surface area contributed by atoms with Crippen LogP contribution >= 0.6 is 0 Å². The normalized spacial score (nSPS) is 26.6. The third-order valence-electron chi connectivity index (χ3n) is 16.8. The Kier molecular flexibility index (Phi) is 7.44. The minimum absolute atomic E-state index is 0.0813. The average molecular weight is 772 g/mol. The maximum absolute atomic E-state index is 7.55. The second kappa shape index (κ2) is 12.2. The molecule has 4 saturated carbocycles. The molecule has 1 heterocycles. The molecule has 4 bridgehead atoms. The molecule has 0 unspecified atom stereocenters. The lowest BCUT2D eigenvalue weighted by Crippen LogP contribution is -2.57. The van der Waals surface area contributed by atoms with Crippen molar-refractivity contribution in [2.75, 3.05) is 4.90 Å². The largest absolute Gasteiger partial charge is 0.454 e. The smallest absolute Gasteiger partial charge is 0.155 e.